The molecule has 0 saturated heterocycles. The maximum Gasteiger partial charge on any atom is 0.191 e. The number of aromatic nitrogens is 1. The van der Waals surface area contributed by atoms with Gasteiger partial charge in [0.2, 0.25) is 0 Å². The lowest BCUT2D eigenvalue weighted by atomic mass is 10.1. The van der Waals surface area contributed by atoms with E-state index in [2.05, 4.69) is 4.98 Å². The Hall–Kier alpha value is -0.790. The molecule has 1 rings (SSSR count). The van der Waals surface area contributed by atoms with Gasteiger partial charge in [0.05, 0.1) is 0 Å². The van der Waals surface area contributed by atoms with Crippen molar-refractivity contribution in [2.24, 2.45) is 0 Å². The van der Waals surface area contributed by atoms with Crippen LogP contribution in [-0.2, 0) is 0 Å². The van der Waals surface area contributed by atoms with Gasteiger partial charge in [-0.3, -0.25) is 0 Å². The van der Waals surface area contributed by atoms with Crippen LogP contribution in [0.3, 0.4) is 0 Å². The van der Waals surface area contributed by atoms with Gasteiger partial charge in [0, 0.05) is 6.20 Å². The Kier molecular flexibility index (Phi) is 1.56. The largest absolute Gasteiger partial charge is 0.338 e. The molecular formula is C7H10FN. The molecule has 1 aromatic rings. The molecule has 9 heavy (non-hydrogen) atoms. The van der Waals surface area contributed by atoms with Crippen molar-refractivity contribution >= 4 is 0 Å². The highest BCUT2D eigenvalue weighted by Crippen LogP contribution is 2.13. The molecule has 0 aromatic carbocycles. The smallest absolute Gasteiger partial charge is 0.191 e. The van der Waals surface area contributed by atoms with Crippen molar-refractivity contribution in [3.8, 4) is 0 Å². The van der Waals surface area contributed by atoms with Gasteiger partial charge in [0.25, 0.3) is 0 Å². The third-order valence-corrected chi connectivity index (χ3v) is 1.34. The molecule has 0 aliphatic rings. The lowest BCUT2D eigenvalue weighted by molar-refractivity contribution is 0.591. The Morgan fingerprint density at radius 1 is 1.56 bits per heavy atom. The summed E-state index contributed by atoms with van der Waals surface area (Å²) in [7, 11) is 0. The summed E-state index contributed by atoms with van der Waals surface area (Å²) in [6.07, 6.45) is 1.69. The molecule has 0 aliphatic carbocycles. The molecule has 1 aromatic heterocycles. The van der Waals surface area contributed by atoms with E-state index in [1.54, 1.807) is 6.20 Å². The maximum absolute atomic E-state index is 12.2. The van der Waals surface area contributed by atoms with Crippen LogP contribution in [0.1, 0.15) is 25.3 Å². The fraction of sp³-hybridized carbons (Fsp3) is 0.429. The van der Waals surface area contributed by atoms with Crippen molar-refractivity contribution in [1.82, 2.24) is 4.98 Å². The van der Waals surface area contributed by atoms with Crippen molar-refractivity contribution in [2.75, 3.05) is 0 Å². The van der Waals surface area contributed by atoms with Gasteiger partial charge >= 0.3 is 0 Å². The average molecular weight is 127 g/mol. The number of H-pyrrole nitrogens is 1. The topological polar surface area (TPSA) is 15.8 Å². The second-order valence-electron chi connectivity index (χ2n) is 2.44. The molecule has 1 nitrogen and oxygen atoms in total. The highest BCUT2D eigenvalue weighted by Gasteiger charge is 2.00. The predicted molar refractivity (Wildman–Crippen MR) is 34.8 cm³/mol. The molecule has 0 amide bonds. The summed E-state index contributed by atoms with van der Waals surface area (Å²) in [6.45, 7) is 4.06. The summed E-state index contributed by atoms with van der Waals surface area (Å²) >= 11 is 0. The highest BCUT2D eigenvalue weighted by molar-refractivity contribution is 5.13. The van der Waals surface area contributed by atoms with Gasteiger partial charge in [-0.15, -0.1) is 0 Å². The number of nitrogens with one attached hydrogen (secondary N) is 1. The first-order chi connectivity index (χ1) is 4.20. The third kappa shape index (κ3) is 1.31. The molecule has 1 heterocycles. The minimum absolute atomic E-state index is 0.251. The Morgan fingerprint density at radius 3 is 2.44 bits per heavy atom. The molecule has 0 unspecified atom stereocenters. The summed E-state index contributed by atoms with van der Waals surface area (Å²) in [5.74, 6) is 0.157. The first-order valence-electron chi connectivity index (χ1n) is 3.04. The molecule has 0 radical (unpaired) electrons. The molecule has 0 spiro atoms. The van der Waals surface area contributed by atoms with Crippen LogP contribution in [0.15, 0.2) is 12.3 Å². The first kappa shape index (κ1) is 6.33. The third-order valence-electron chi connectivity index (χ3n) is 1.34. The van der Waals surface area contributed by atoms with E-state index in [4.69, 9.17) is 0 Å². The van der Waals surface area contributed by atoms with E-state index >= 15 is 0 Å². The highest BCUT2D eigenvalue weighted by atomic mass is 19.1. The van der Waals surface area contributed by atoms with Gasteiger partial charge in [-0.1, -0.05) is 13.8 Å². The number of hydrogen-bond donors (Lipinski definition) is 1. The standard InChI is InChI=1S/C7H10FN/c1-5(2)6-3-7(8)9-4-6/h3-5,9H,1-2H3. The Balaban J connectivity index is 2.85. The zero-order valence-corrected chi connectivity index (χ0v) is 5.61. The second-order valence-corrected chi connectivity index (χ2v) is 2.44. The van der Waals surface area contributed by atoms with Crippen LogP contribution in [0.25, 0.3) is 0 Å². The summed E-state index contributed by atoms with van der Waals surface area (Å²) in [5.41, 5.74) is 1.02. The average Bonchev–Trinajstić information content (AvgIpc) is 2.14. The zero-order valence-electron chi connectivity index (χ0n) is 5.61. The monoisotopic (exact) mass is 127 g/mol. The van der Waals surface area contributed by atoms with Gasteiger partial charge in [-0.25, -0.2) is 0 Å². The van der Waals surface area contributed by atoms with Gasteiger partial charge in [0.1, 0.15) is 0 Å². The lowest BCUT2D eigenvalue weighted by Gasteiger charge is -1.95. The fourth-order valence-corrected chi connectivity index (χ4v) is 0.715. The molecule has 0 saturated carbocycles. The minimum atomic E-state index is -0.251. The molecule has 0 atom stereocenters. The van der Waals surface area contributed by atoms with E-state index in [0.717, 1.165) is 5.56 Å². The van der Waals surface area contributed by atoms with E-state index in [-0.39, 0.29) is 5.95 Å². The van der Waals surface area contributed by atoms with Gasteiger partial charge in [0.15, 0.2) is 5.95 Å². The summed E-state index contributed by atoms with van der Waals surface area (Å²) in [4.78, 5) is 2.48. The maximum atomic E-state index is 12.2. The predicted octanol–water partition coefficient (Wildman–Crippen LogP) is 2.28. The van der Waals surface area contributed by atoms with E-state index < -0.39 is 0 Å². The normalized spacial score (nSPS) is 10.7. The Labute approximate surface area is 53.9 Å². The number of aromatic amines is 1. The van der Waals surface area contributed by atoms with Crippen LogP contribution in [0, 0.1) is 5.95 Å². The summed E-state index contributed by atoms with van der Waals surface area (Å²) in [6, 6.07) is 1.52. The minimum Gasteiger partial charge on any atom is -0.338 e. The molecule has 0 aliphatic heterocycles. The van der Waals surface area contributed by atoms with Crippen molar-refractivity contribution < 1.29 is 4.39 Å². The van der Waals surface area contributed by atoms with E-state index in [9.17, 15) is 4.39 Å². The van der Waals surface area contributed by atoms with Crippen LogP contribution >= 0.6 is 0 Å². The number of halogens is 1. The van der Waals surface area contributed by atoms with Crippen LogP contribution in [0.5, 0.6) is 0 Å². The second kappa shape index (κ2) is 2.21. The molecule has 50 valence electrons. The van der Waals surface area contributed by atoms with Crippen molar-refractivity contribution in [1.29, 1.82) is 0 Å². The van der Waals surface area contributed by atoms with Crippen LogP contribution in [0.4, 0.5) is 4.39 Å². The summed E-state index contributed by atoms with van der Waals surface area (Å²) < 4.78 is 12.2. The van der Waals surface area contributed by atoms with Gasteiger partial charge in [-0.05, 0) is 17.5 Å². The van der Waals surface area contributed by atoms with E-state index in [1.807, 2.05) is 13.8 Å². The molecule has 2 heteroatoms. The van der Waals surface area contributed by atoms with Crippen LogP contribution < -0.4 is 0 Å². The van der Waals surface area contributed by atoms with E-state index in [0.29, 0.717) is 5.92 Å². The number of rotatable bonds is 1. The van der Waals surface area contributed by atoms with Crippen molar-refractivity contribution in [3.63, 3.8) is 0 Å². The molecular weight excluding hydrogens is 117 g/mol. The van der Waals surface area contributed by atoms with Crippen LogP contribution in [-0.4, -0.2) is 4.98 Å². The van der Waals surface area contributed by atoms with Crippen LogP contribution in [0.2, 0.25) is 0 Å². The van der Waals surface area contributed by atoms with E-state index in [1.165, 1.54) is 6.07 Å². The first-order valence-corrected chi connectivity index (χ1v) is 3.04. The molecule has 0 fully saturated rings. The summed E-state index contributed by atoms with van der Waals surface area (Å²) in [5, 5.41) is 0. The zero-order chi connectivity index (χ0) is 6.85. The number of hydrogen-bond acceptors (Lipinski definition) is 0. The molecule has 1 N–H and O–H groups in total. The van der Waals surface area contributed by atoms with Gasteiger partial charge in [-0.2, -0.15) is 4.39 Å². The lowest BCUT2D eigenvalue weighted by Crippen LogP contribution is -1.80. The molecule has 0 bridgehead atoms. The fourth-order valence-electron chi connectivity index (χ4n) is 0.715. The SMILES string of the molecule is CC(C)c1c[nH]c(F)c1. The Bertz CT molecular complexity index is 191. The van der Waals surface area contributed by atoms with Gasteiger partial charge < -0.3 is 4.98 Å². The quantitative estimate of drug-likeness (QED) is 0.595. The Morgan fingerprint density at radius 2 is 2.22 bits per heavy atom. The van der Waals surface area contributed by atoms with Crippen molar-refractivity contribution in [2.45, 2.75) is 19.8 Å². The van der Waals surface area contributed by atoms with Crippen molar-refractivity contribution in [3.05, 3.63) is 23.8 Å².